The first kappa shape index (κ1) is 42.9. The predicted molar refractivity (Wildman–Crippen MR) is 226 cm³/mol. The monoisotopic (exact) mass is 695 g/mol. The number of rotatable bonds is 3. The van der Waals surface area contributed by atoms with Crippen LogP contribution < -0.4 is 0 Å². The lowest BCUT2D eigenvalue weighted by atomic mass is 9.47. The zero-order valence-corrected chi connectivity index (χ0v) is 35.4. The second-order valence-electron chi connectivity index (χ2n) is 19.1. The summed E-state index contributed by atoms with van der Waals surface area (Å²) in [5, 5.41) is 9.35. The maximum absolute atomic E-state index is 9.35. The van der Waals surface area contributed by atoms with Gasteiger partial charge in [-0.3, -0.25) is 0 Å². The SMILES string of the molecule is C=C1C=CC(C(C)C)CC1.C=C1CCC2CC1C2(C)C.CC1=CCC(C(C)C)C=C1.CC1=CCC2CC1C2(C)C.Cc1ccc(C(C)C)cc1O. The first-order valence-electron chi connectivity index (χ1n) is 20.6. The Balaban J connectivity index is 0.000000172. The molecule has 8 aliphatic carbocycles. The first-order chi connectivity index (χ1) is 23.7. The maximum atomic E-state index is 9.35. The third-order valence-corrected chi connectivity index (χ3v) is 13.8. The zero-order chi connectivity index (χ0) is 38.3. The molecule has 1 aromatic carbocycles. The molecule has 51 heavy (non-hydrogen) atoms. The Morgan fingerprint density at radius 1 is 0.706 bits per heavy atom. The molecule has 0 aliphatic heterocycles. The number of aryl methyl sites for hydroxylation is 1. The van der Waals surface area contributed by atoms with Gasteiger partial charge < -0.3 is 5.11 Å². The highest BCUT2D eigenvalue weighted by Gasteiger charge is 2.51. The van der Waals surface area contributed by atoms with Gasteiger partial charge in [0.25, 0.3) is 0 Å². The number of hydrogen-bond acceptors (Lipinski definition) is 1. The molecule has 1 N–H and O–H groups in total. The van der Waals surface area contributed by atoms with Crippen LogP contribution in [-0.4, -0.2) is 5.11 Å². The summed E-state index contributed by atoms with van der Waals surface area (Å²) in [4.78, 5) is 0. The van der Waals surface area contributed by atoms with Crippen molar-refractivity contribution in [1.82, 2.24) is 0 Å². The summed E-state index contributed by atoms with van der Waals surface area (Å²) in [5.74, 6) is 7.86. The van der Waals surface area contributed by atoms with Crippen LogP contribution in [0, 0.1) is 65.1 Å². The van der Waals surface area contributed by atoms with E-state index in [4.69, 9.17) is 0 Å². The van der Waals surface area contributed by atoms with Crippen molar-refractivity contribution in [1.29, 1.82) is 0 Å². The molecule has 284 valence electrons. The molecule has 1 aromatic rings. The predicted octanol–water partition coefficient (Wildman–Crippen LogP) is 15.2. The molecular formula is C50H78O. The zero-order valence-electron chi connectivity index (χ0n) is 35.4. The number of benzene rings is 1. The third-order valence-electron chi connectivity index (χ3n) is 13.8. The molecule has 0 amide bonds. The standard InChI is InChI=1S/C10H14O.4C10H16/c1-7(2)9-5-4-8(3)10(11)6-9;2*1-7-4-5-8-6-9(7)10(8,2)3;2*1-8(2)10-6-4-9(3)5-7-10/h4-7,11H,1-3H3;4,8-9H,5-6H2,1-3H3;8-9H,1,4-6H2,2-3H3;4-6,8,10H,7H2,1-3H3;4,6,8,10H,3,5,7H2,1-2H3. The van der Waals surface area contributed by atoms with Gasteiger partial charge in [-0.2, -0.15) is 0 Å². The van der Waals surface area contributed by atoms with E-state index in [0.29, 0.717) is 22.5 Å². The van der Waals surface area contributed by atoms with E-state index in [2.05, 4.69) is 139 Å². The molecule has 0 aromatic heterocycles. The third kappa shape index (κ3) is 11.5. The Labute approximate surface area is 316 Å². The van der Waals surface area contributed by atoms with Crippen LogP contribution in [-0.2, 0) is 0 Å². The molecule has 9 rings (SSSR count). The fourth-order valence-electron chi connectivity index (χ4n) is 8.96. The van der Waals surface area contributed by atoms with E-state index in [1.807, 2.05) is 19.1 Å². The minimum absolute atomic E-state index is 0.399. The van der Waals surface area contributed by atoms with E-state index < -0.39 is 0 Å². The lowest BCUT2D eigenvalue weighted by Crippen LogP contribution is -2.48. The molecule has 6 unspecified atom stereocenters. The van der Waals surface area contributed by atoms with Crippen LogP contribution in [0.4, 0.5) is 0 Å². The highest BCUT2D eigenvalue weighted by Crippen LogP contribution is 2.61. The number of phenols is 1. The molecular weight excluding hydrogens is 617 g/mol. The van der Waals surface area contributed by atoms with Gasteiger partial charge >= 0.3 is 0 Å². The molecule has 0 heterocycles. The van der Waals surface area contributed by atoms with Crippen LogP contribution in [0.25, 0.3) is 0 Å². The number of hydrogen-bond donors (Lipinski definition) is 1. The fraction of sp³-hybridized carbons (Fsp3) is 0.640. The fourth-order valence-corrected chi connectivity index (χ4v) is 8.96. The lowest BCUT2D eigenvalue weighted by molar-refractivity contribution is -0.0273. The second-order valence-corrected chi connectivity index (χ2v) is 19.1. The van der Waals surface area contributed by atoms with Crippen molar-refractivity contribution in [3.63, 3.8) is 0 Å². The summed E-state index contributed by atoms with van der Waals surface area (Å²) < 4.78 is 0. The molecule has 0 radical (unpaired) electrons. The molecule has 6 atom stereocenters. The normalized spacial score (nSPS) is 28.9. The van der Waals surface area contributed by atoms with Gasteiger partial charge in [-0.1, -0.05) is 153 Å². The van der Waals surface area contributed by atoms with E-state index >= 15 is 0 Å². The van der Waals surface area contributed by atoms with Crippen molar-refractivity contribution < 1.29 is 5.11 Å². The number of aromatic hydroxyl groups is 1. The quantitative estimate of drug-likeness (QED) is 0.312. The number of phenolic OH excluding ortho intramolecular Hbond substituents is 1. The van der Waals surface area contributed by atoms with Crippen molar-refractivity contribution >= 4 is 0 Å². The minimum Gasteiger partial charge on any atom is -0.508 e. The molecule has 8 aliphatic rings. The number of fused-ring (bicyclic) bond motifs is 3. The van der Waals surface area contributed by atoms with Crippen LogP contribution >= 0.6 is 0 Å². The Bertz CT molecular complexity index is 1430. The van der Waals surface area contributed by atoms with Crippen molar-refractivity contribution in [2.24, 2.45) is 58.2 Å². The summed E-state index contributed by atoms with van der Waals surface area (Å²) >= 11 is 0. The van der Waals surface area contributed by atoms with Crippen LogP contribution in [0.3, 0.4) is 0 Å². The minimum atomic E-state index is 0.399. The van der Waals surface area contributed by atoms with Crippen LogP contribution in [0.2, 0.25) is 0 Å². The van der Waals surface area contributed by atoms with Crippen molar-refractivity contribution in [3.05, 3.63) is 101 Å². The van der Waals surface area contributed by atoms with Crippen molar-refractivity contribution in [2.45, 2.75) is 147 Å². The Morgan fingerprint density at radius 3 is 1.69 bits per heavy atom. The van der Waals surface area contributed by atoms with Gasteiger partial charge in [0, 0.05) is 0 Å². The van der Waals surface area contributed by atoms with Gasteiger partial charge in [-0.25, -0.2) is 0 Å². The molecule has 0 spiro atoms. The summed E-state index contributed by atoms with van der Waals surface area (Å²) in [6.07, 6.45) is 24.5. The van der Waals surface area contributed by atoms with Crippen LogP contribution in [0.15, 0.2) is 90.1 Å². The Morgan fingerprint density at radius 2 is 1.31 bits per heavy atom. The van der Waals surface area contributed by atoms with Gasteiger partial charge in [0.15, 0.2) is 0 Å². The van der Waals surface area contributed by atoms with E-state index in [-0.39, 0.29) is 0 Å². The molecule has 0 saturated heterocycles. The highest BCUT2D eigenvalue weighted by atomic mass is 16.3. The topological polar surface area (TPSA) is 20.2 Å². The van der Waals surface area contributed by atoms with E-state index in [0.717, 1.165) is 52.9 Å². The Kier molecular flexibility index (Phi) is 15.5. The molecule has 4 saturated carbocycles. The summed E-state index contributed by atoms with van der Waals surface area (Å²) in [7, 11) is 0. The van der Waals surface area contributed by atoms with E-state index in [1.54, 1.807) is 5.57 Å². The lowest BCUT2D eigenvalue weighted by Gasteiger charge is -2.57. The summed E-state index contributed by atoms with van der Waals surface area (Å²) in [5.41, 5.74) is 9.24. The second kappa shape index (κ2) is 18.5. The smallest absolute Gasteiger partial charge is 0.118 e. The average Bonchev–Trinajstić information content (AvgIpc) is 3.07. The summed E-state index contributed by atoms with van der Waals surface area (Å²) in [6, 6.07) is 5.84. The van der Waals surface area contributed by atoms with Crippen LogP contribution in [0.5, 0.6) is 5.75 Å². The van der Waals surface area contributed by atoms with Gasteiger partial charge in [0.05, 0.1) is 0 Å². The number of allylic oxidation sites excluding steroid dienone is 10. The van der Waals surface area contributed by atoms with E-state index in [1.165, 1.54) is 73.6 Å². The van der Waals surface area contributed by atoms with Crippen molar-refractivity contribution in [3.8, 4) is 5.75 Å². The Hall–Kier alpha value is -2.54. The van der Waals surface area contributed by atoms with Gasteiger partial charge in [-0.05, 0) is 153 Å². The molecule has 4 fully saturated rings. The van der Waals surface area contributed by atoms with Gasteiger partial charge in [0.1, 0.15) is 5.75 Å². The van der Waals surface area contributed by atoms with Crippen molar-refractivity contribution in [2.75, 3.05) is 0 Å². The van der Waals surface area contributed by atoms with Crippen LogP contribution in [0.1, 0.15) is 151 Å². The molecule has 4 bridgehead atoms. The molecule has 1 nitrogen and oxygen atoms in total. The summed E-state index contributed by atoms with van der Waals surface area (Å²) in [6.45, 7) is 37.4. The largest absolute Gasteiger partial charge is 0.508 e. The first-order valence-corrected chi connectivity index (χ1v) is 20.6. The van der Waals surface area contributed by atoms with Gasteiger partial charge in [-0.15, -0.1) is 0 Å². The van der Waals surface area contributed by atoms with E-state index in [9.17, 15) is 5.11 Å². The molecule has 1 heteroatoms. The average molecular weight is 695 g/mol. The van der Waals surface area contributed by atoms with Gasteiger partial charge in [0.2, 0.25) is 0 Å². The highest BCUT2D eigenvalue weighted by molar-refractivity contribution is 5.36. The maximum Gasteiger partial charge on any atom is 0.118 e.